The van der Waals surface area contributed by atoms with Crippen molar-refractivity contribution in [3.8, 4) is 0 Å². The Morgan fingerprint density at radius 3 is 2.50 bits per heavy atom. The maximum absolute atomic E-state index is 13.0. The average Bonchev–Trinajstić information content (AvgIpc) is 2.07. The minimum Gasteiger partial charge on any atom is -0.380 e. The predicted octanol–water partition coefficient (Wildman–Crippen LogP) is 2.42. The summed E-state index contributed by atoms with van der Waals surface area (Å²) in [6, 6.07) is 3.06. The molecule has 1 aromatic carbocycles. The molecule has 12 heavy (non-hydrogen) atoms. The third kappa shape index (κ3) is 1.61. The molecular weight excluding hydrogens is 162 g/mol. The molecule has 66 valence electrons. The molecule has 1 nitrogen and oxygen atoms in total. The lowest BCUT2D eigenvalue weighted by atomic mass is 10.1. The van der Waals surface area contributed by atoms with Crippen molar-refractivity contribution < 1.29 is 13.5 Å². The predicted molar refractivity (Wildman–Crippen MR) is 41.8 cm³/mol. The van der Waals surface area contributed by atoms with Crippen molar-refractivity contribution in [1.29, 1.82) is 0 Å². The minimum atomic E-state index is -0.808. The van der Waals surface area contributed by atoms with Crippen molar-refractivity contribution in [1.82, 2.24) is 0 Å². The van der Waals surface area contributed by atoms with Gasteiger partial charge in [-0.2, -0.15) is 0 Å². The Hall–Kier alpha value is -0.960. The summed E-state index contributed by atoms with van der Waals surface area (Å²) in [5, 5.41) is 0. The van der Waals surface area contributed by atoms with E-state index >= 15 is 0 Å². The molecule has 0 atom stereocenters. The van der Waals surface area contributed by atoms with Crippen LogP contribution in [0.4, 0.5) is 8.78 Å². The first-order valence-electron chi connectivity index (χ1n) is 3.59. The lowest BCUT2D eigenvalue weighted by molar-refractivity contribution is 0.180. The molecule has 1 rings (SSSR count). The second-order valence-electron chi connectivity index (χ2n) is 2.60. The van der Waals surface area contributed by atoms with E-state index in [1.165, 1.54) is 26.2 Å². The van der Waals surface area contributed by atoms with E-state index in [0.29, 0.717) is 5.56 Å². The Bertz CT molecular complexity index is 284. The van der Waals surface area contributed by atoms with Gasteiger partial charge in [0.2, 0.25) is 0 Å². The highest BCUT2D eigenvalue weighted by Crippen LogP contribution is 2.15. The number of hydrogen-bond donors (Lipinski definition) is 0. The van der Waals surface area contributed by atoms with Gasteiger partial charge in [0.25, 0.3) is 0 Å². The number of benzene rings is 1. The third-order valence-electron chi connectivity index (χ3n) is 1.66. The Morgan fingerprint density at radius 2 is 1.92 bits per heavy atom. The fraction of sp³-hybridized carbons (Fsp3) is 0.333. The highest BCUT2D eigenvalue weighted by molar-refractivity contribution is 5.24. The van der Waals surface area contributed by atoms with Crippen molar-refractivity contribution in [3.05, 3.63) is 34.9 Å². The fourth-order valence-electron chi connectivity index (χ4n) is 0.953. The normalized spacial score (nSPS) is 10.3. The van der Waals surface area contributed by atoms with E-state index in [2.05, 4.69) is 0 Å². The molecule has 0 bridgehead atoms. The molecule has 3 heteroatoms. The van der Waals surface area contributed by atoms with Gasteiger partial charge in [-0.25, -0.2) is 8.78 Å². The molecule has 0 saturated heterocycles. The number of ether oxygens (including phenoxy) is 1. The van der Waals surface area contributed by atoms with Crippen molar-refractivity contribution >= 4 is 0 Å². The summed E-state index contributed by atoms with van der Waals surface area (Å²) in [6.45, 7) is 1.62. The fourth-order valence-corrected chi connectivity index (χ4v) is 0.953. The molecule has 0 radical (unpaired) electrons. The van der Waals surface area contributed by atoms with Gasteiger partial charge < -0.3 is 4.74 Å². The second-order valence-corrected chi connectivity index (χ2v) is 2.60. The van der Waals surface area contributed by atoms with Crippen LogP contribution >= 0.6 is 0 Å². The van der Waals surface area contributed by atoms with Crippen LogP contribution < -0.4 is 0 Å². The molecule has 0 fully saturated rings. The van der Waals surface area contributed by atoms with E-state index in [1.807, 2.05) is 0 Å². The Labute approximate surface area is 70.0 Å². The first-order chi connectivity index (χ1) is 5.66. The van der Waals surface area contributed by atoms with E-state index in [4.69, 9.17) is 4.74 Å². The maximum Gasteiger partial charge on any atom is 0.164 e. The van der Waals surface area contributed by atoms with Crippen molar-refractivity contribution in [2.75, 3.05) is 7.11 Å². The number of aryl methyl sites for hydroxylation is 1. The monoisotopic (exact) mass is 172 g/mol. The highest BCUT2D eigenvalue weighted by Gasteiger charge is 2.09. The molecule has 0 aliphatic rings. The summed E-state index contributed by atoms with van der Waals surface area (Å²) in [6.07, 6.45) is 0. The molecule has 0 heterocycles. The van der Waals surface area contributed by atoms with Gasteiger partial charge in [-0.1, -0.05) is 12.1 Å². The zero-order valence-electron chi connectivity index (χ0n) is 7.03. The minimum absolute atomic E-state index is 0.100. The van der Waals surface area contributed by atoms with E-state index < -0.39 is 11.6 Å². The van der Waals surface area contributed by atoms with Crippen LogP contribution in [-0.4, -0.2) is 7.11 Å². The molecule has 0 amide bonds. The molecule has 1 aromatic rings. The molecule has 0 spiro atoms. The van der Waals surface area contributed by atoms with E-state index in [0.717, 1.165) is 0 Å². The largest absolute Gasteiger partial charge is 0.380 e. The summed E-state index contributed by atoms with van der Waals surface area (Å²) < 4.78 is 30.6. The average molecular weight is 172 g/mol. The molecule has 0 saturated carbocycles. The standard InChI is InChI=1S/C9H10F2O/c1-6-3-4-7(5-12-2)9(11)8(6)10/h3-4H,5H2,1-2H3. The van der Waals surface area contributed by atoms with Crippen LogP contribution in [0.2, 0.25) is 0 Å². The quantitative estimate of drug-likeness (QED) is 0.665. The number of methoxy groups -OCH3 is 1. The van der Waals surface area contributed by atoms with Gasteiger partial charge >= 0.3 is 0 Å². The van der Waals surface area contributed by atoms with Gasteiger partial charge in [-0.15, -0.1) is 0 Å². The van der Waals surface area contributed by atoms with Crippen LogP contribution in [0.5, 0.6) is 0 Å². The van der Waals surface area contributed by atoms with Gasteiger partial charge in [-0.05, 0) is 12.5 Å². The van der Waals surface area contributed by atoms with E-state index in [1.54, 1.807) is 0 Å². The Balaban J connectivity index is 3.08. The van der Waals surface area contributed by atoms with Crippen LogP contribution in [0.1, 0.15) is 11.1 Å². The summed E-state index contributed by atoms with van der Waals surface area (Å²) in [4.78, 5) is 0. The second kappa shape index (κ2) is 3.63. The highest BCUT2D eigenvalue weighted by atomic mass is 19.2. The Kier molecular flexibility index (Phi) is 2.76. The zero-order chi connectivity index (χ0) is 9.14. The van der Waals surface area contributed by atoms with E-state index in [-0.39, 0.29) is 12.2 Å². The van der Waals surface area contributed by atoms with Crippen LogP contribution in [0.15, 0.2) is 12.1 Å². The summed E-state index contributed by atoms with van der Waals surface area (Å²) in [7, 11) is 1.44. The lowest BCUT2D eigenvalue weighted by Crippen LogP contribution is -1.97. The van der Waals surface area contributed by atoms with Crippen LogP contribution in [0.3, 0.4) is 0 Å². The molecule has 0 aromatic heterocycles. The number of hydrogen-bond acceptors (Lipinski definition) is 1. The smallest absolute Gasteiger partial charge is 0.164 e. The lowest BCUT2D eigenvalue weighted by Gasteiger charge is -2.03. The van der Waals surface area contributed by atoms with Crippen LogP contribution in [0, 0.1) is 18.6 Å². The van der Waals surface area contributed by atoms with Crippen molar-refractivity contribution in [2.45, 2.75) is 13.5 Å². The van der Waals surface area contributed by atoms with Gasteiger partial charge in [0.1, 0.15) is 0 Å². The first kappa shape index (κ1) is 9.13. The first-order valence-corrected chi connectivity index (χ1v) is 3.59. The zero-order valence-corrected chi connectivity index (χ0v) is 7.03. The number of rotatable bonds is 2. The molecule has 0 aliphatic heterocycles. The van der Waals surface area contributed by atoms with Crippen molar-refractivity contribution in [3.63, 3.8) is 0 Å². The van der Waals surface area contributed by atoms with Crippen LogP contribution in [-0.2, 0) is 11.3 Å². The number of halogens is 2. The van der Waals surface area contributed by atoms with Gasteiger partial charge in [0.15, 0.2) is 11.6 Å². The summed E-state index contributed by atoms with van der Waals surface area (Å²) in [5.41, 5.74) is 0.563. The summed E-state index contributed by atoms with van der Waals surface area (Å²) >= 11 is 0. The van der Waals surface area contributed by atoms with Crippen molar-refractivity contribution in [2.24, 2.45) is 0 Å². The van der Waals surface area contributed by atoms with E-state index in [9.17, 15) is 8.78 Å². The van der Waals surface area contributed by atoms with Gasteiger partial charge in [0, 0.05) is 12.7 Å². The molecule has 0 N–H and O–H groups in total. The molecular formula is C9H10F2O. The Morgan fingerprint density at radius 1 is 1.25 bits per heavy atom. The van der Waals surface area contributed by atoms with Gasteiger partial charge in [-0.3, -0.25) is 0 Å². The molecule has 0 unspecified atom stereocenters. The third-order valence-corrected chi connectivity index (χ3v) is 1.66. The van der Waals surface area contributed by atoms with Crippen LogP contribution in [0.25, 0.3) is 0 Å². The summed E-state index contributed by atoms with van der Waals surface area (Å²) in [5.74, 6) is -1.60. The molecule has 0 aliphatic carbocycles. The topological polar surface area (TPSA) is 9.23 Å². The maximum atomic E-state index is 13.0. The SMILES string of the molecule is COCc1ccc(C)c(F)c1F. The van der Waals surface area contributed by atoms with Gasteiger partial charge in [0.05, 0.1) is 6.61 Å².